The molecule has 1 atom stereocenters. The SMILES string of the molecule is CC(=O)CC(=O)NC(Cc1c[nH]c2ccccc12)C(=O)O. The molecular formula is C15H16N2O4. The Balaban J connectivity index is 2.15. The lowest BCUT2D eigenvalue weighted by Gasteiger charge is -2.13. The van der Waals surface area contributed by atoms with Crippen molar-refractivity contribution in [2.45, 2.75) is 25.8 Å². The molecule has 0 bridgehead atoms. The van der Waals surface area contributed by atoms with Gasteiger partial charge in [-0.15, -0.1) is 0 Å². The first-order valence-electron chi connectivity index (χ1n) is 6.54. The Kier molecular flexibility index (Phi) is 4.37. The molecule has 2 aromatic rings. The van der Waals surface area contributed by atoms with Gasteiger partial charge < -0.3 is 15.4 Å². The van der Waals surface area contributed by atoms with Gasteiger partial charge in [0.2, 0.25) is 5.91 Å². The molecule has 3 N–H and O–H groups in total. The van der Waals surface area contributed by atoms with E-state index in [0.717, 1.165) is 16.5 Å². The smallest absolute Gasteiger partial charge is 0.326 e. The number of aliphatic carboxylic acids is 1. The minimum Gasteiger partial charge on any atom is -0.480 e. The summed E-state index contributed by atoms with van der Waals surface area (Å²) in [5.74, 6) is -2.00. The van der Waals surface area contributed by atoms with Crippen LogP contribution in [0.25, 0.3) is 10.9 Å². The zero-order valence-corrected chi connectivity index (χ0v) is 11.6. The number of amides is 1. The number of aromatic nitrogens is 1. The number of benzene rings is 1. The quantitative estimate of drug-likeness (QED) is 0.697. The van der Waals surface area contributed by atoms with Crippen molar-refractivity contribution in [3.8, 4) is 0 Å². The number of hydrogen-bond donors (Lipinski definition) is 3. The molecule has 0 saturated heterocycles. The maximum atomic E-state index is 11.6. The van der Waals surface area contributed by atoms with E-state index in [1.54, 1.807) is 6.20 Å². The van der Waals surface area contributed by atoms with Crippen molar-refractivity contribution < 1.29 is 19.5 Å². The zero-order chi connectivity index (χ0) is 15.4. The Hall–Kier alpha value is -2.63. The summed E-state index contributed by atoms with van der Waals surface area (Å²) in [7, 11) is 0. The van der Waals surface area contributed by atoms with Crippen LogP contribution >= 0.6 is 0 Å². The van der Waals surface area contributed by atoms with Gasteiger partial charge in [0, 0.05) is 23.5 Å². The maximum absolute atomic E-state index is 11.6. The number of fused-ring (bicyclic) bond motifs is 1. The second kappa shape index (κ2) is 6.21. The number of H-pyrrole nitrogens is 1. The van der Waals surface area contributed by atoms with Gasteiger partial charge in [0.25, 0.3) is 0 Å². The standard InChI is InChI=1S/C15H16N2O4/c1-9(18)6-14(19)17-13(15(20)21)7-10-8-16-12-5-3-2-4-11(10)12/h2-5,8,13,16H,6-7H2,1H3,(H,17,19)(H,20,21). The van der Waals surface area contributed by atoms with E-state index in [2.05, 4.69) is 10.3 Å². The van der Waals surface area contributed by atoms with Gasteiger partial charge in [-0.25, -0.2) is 4.79 Å². The van der Waals surface area contributed by atoms with E-state index >= 15 is 0 Å². The van der Waals surface area contributed by atoms with Crippen LogP contribution in [0.4, 0.5) is 0 Å². The lowest BCUT2D eigenvalue weighted by Crippen LogP contribution is -2.42. The molecule has 1 amide bonds. The van der Waals surface area contributed by atoms with E-state index in [1.165, 1.54) is 6.92 Å². The van der Waals surface area contributed by atoms with Gasteiger partial charge in [-0.1, -0.05) is 18.2 Å². The molecule has 1 aromatic heterocycles. The van der Waals surface area contributed by atoms with Crippen molar-refractivity contribution in [2.24, 2.45) is 0 Å². The molecule has 0 spiro atoms. The van der Waals surface area contributed by atoms with Crippen molar-refractivity contribution >= 4 is 28.6 Å². The Morgan fingerprint density at radius 3 is 2.67 bits per heavy atom. The van der Waals surface area contributed by atoms with Crippen LogP contribution in [-0.4, -0.2) is 33.8 Å². The van der Waals surface area contributed by atoms with E-state index in [9.17, 15) is 19.5 Å². The molecule has 6 heteroatoms. The third kappa shape index (κ3) is 3.68. The van der Waals surface area contributed by atoms with E-state index in [-0.39, 0.29) is 18.6 Å². The van der Waals surface area contributed by atoms with Gasteiger partial charge >= 0.3 is 5.97 Å². The number of rotatable bonds is 6. The second-order valence-electron chi connectivity index (χ2n) is 4.90. The lowest BCUT2D eigenvalue weighted by molar-refractivity contribution is -0.142. The van der Waals surface area contributed by atoms with Gasteiger partial charge in [-0.05, 0) is 18.6 Å². The molecule has 110 valence electrons. The number of carboxylic acids is 1. The highest BCUT2D eigenvalue weighted by molar-refractivity contribution is 5.98. The Labute approximate surface area is 121 Å². The molecule has 6 nitrogen and oxygen atoms in total. The first kappa shape index (κ1) is 14.8. The first-order valence-corrected chi connectivity index (χ1v) is 6.54. The van der Waals surface area contributed by atoms with Gasteiger partial charge in [0.15, 0.2) is 0 Å². The second-order valence-corrected chi connectivity index (χ2v) is 4.90. The average Bonchev–Trinajstić information content (AvgIpc) is 2.80. The summed E-state index contributed by atoms with van der Waals surface area (Å²) in [5, 5.41) is 12.5. The molecular weight excluding hydrogens is 272 g/mol. The fraction of sp³-hybridized carbons (Fsp3) is 0.267. The van der Waals surface area contributed by atoms with Crippen LogP contribution in [-0.2, 0) is 20.8 Å². The summed E-state index contributed by atoms with van der Waals surface area (Å²) in [6.45, 7) is 1.29. The number of carboxylic acid groups (broad SMARTS) is 1. The molecule has 21 heavy (non-hydrogen) atoms. The average molecular weight is 288 g/mol. The van der Waals surface area contributed by atoms with E-state index in [1.807, 2.05) is 24.3 Å². The van der Waals surface area contributed by atoms with Crippen molar-refractivity contribution in [1.82, 2.24) is 10.3 Å². The largest absolute Gasteiger partial charge is 0.480 e. The molecule has 1 heterocycles. The first-order chi connectivity index (χ1) is 9.97. The third-order valence-corrected chi connectivity index (χ3v) is 3.14. The highest BCUT2D eigenvalue weighted by atomic mass is 16.4. The van der Waals surface area contributed by atoms with Crippen LogP contribution in [0.15, 0.2) is 30.5 Å². The molecule has 1 aromatic carbocycles. The van der Waals surface area contributed by atoms with Crippen LogP contribution in [0.2, 0.25) is 0 Å². The molecule has 1 unspecified atom stereocenters. The Morgan fingerprint density at radius 1 is 1.29 bits per heavy atom. The molecule has 2 rings (SSSR count). The van der Waals surface area contributed by atoms with E-state index < -0.39 is 17.9 Å². The molecule has 0 aliphatic heterocycles. The number of para-hydroxylation sites is 1. The van der Waals surface area contributed by atoms with E-state index in [4.69, 9.17) is 0 Å². The monoisotopic (exact) mass is 288 g/mol. The Bertz CT molecular complexity index is 690. The summed E-state index contributed by atoms with van der Waals surface area (Å²) in [6, 6.07) is 6.46. The summed E-state index contributed by atoms with van der Waals surface area (Å²) in [5.41, 5.74) is 1.72. The summed E-state index contributed by atoms with van der Waals surface area (Å²) < 4.78 is 0. The van der Waals surface area contributed by atoms with Crippen LogP contribution in [0.3, 0.4) is 0 Å². The predicted octanol–water partition coefficient (Wildman–Crippen LogP) is 1.26. The van der Waals surface area contributed by atoms with Gasteiger partial charge in [0.05, 0.1) is 6.42 Å². The maximum Gasteiger partial charge on any atom is 0.326 e. The fourth-order valence-electron chi connectivity index (χ4n) is 2.19. The zero-order valence-electron chi connectivity index (χ0n) is 11.6. The van der Waals surface area contributed by atoms with Crippen molar-refractivity contribution in [1.29, 1.82) is 0 Å². The Morgan fingerprint density at radius 2 is 2.00 bits per heavy atom. The number of hydrogen-bond acceptors (Lipinski definition) is 3. The summed E-state index contributed by atoms with van der Waals surface area (Å²) in [6.07, 6.45) is 1.58. The highest BCUT2D eigenvalue weighted by Gasteiger charge is 2.22. The molecule has 0 radical (unpaired) electrons. The molecule has 0 fully saturated rings. The summed E-state index contributed by atoms with van der Waals surface area (Å²) in [4.78, 5) is 36.8. The number of carbonyl (C=O) groups is 3. The number of nitrogens with one attached hydrogen (secondary N) is 2. The van der Waals surface area contributed by atoms with Gasteiger partial charge in [-0.2, -0.15) is 0 Å². The number of aromatic amines is 1. The molecule has 0 saturated carbocycles. The van der Waals surface area contributed by atoms with Gasteiger partial charge in [-0.3, -0.25) is 9.59 Å². The number of carbonyl (C=O) groups excluding carboxylic acids is 2. The number of ketones is 1. The van der Waals surface area contributed by atoms with Crippen molar-refractivity contribution in [2.75, 3.05) is 0 Å². The predicted molar refractivity (Wildman–Crippen MR) is 76.9 cm³/mol. The van der Waals surface area contributed by atoms with Crippen LogP contribution in [0.5, 0.6) is 0 Å². The lowest BCUT2D eigenvalue weighted by atomic mass is 10.0. The fourth-order valence-corrected chi connectivity index (χ4v) is 2.19. The number of Topliss-reactive ketones (excluding diaryl/α,β-unsaturated/α-hetero) is 1. The van der Waals surface area contributed by atoms with Crippen molar-refractivity contribution in [3.05, 3.63) is 36.0 Å². The van der Waals surface area contributed by atoms with Crippen LogP contribution in [0.1, 0.15) is 18.9 Å². The summed E-state index contributed by atoms with van der Waals surface area (Å²) >= 11 is 0. The van der Waals surface area contributed by atoms with Crippen LogP contribution < -0.4 is 5.32 Å². The highest BCUT2D eigenvalue weighted by Crippen LogP contribution is 2.19. The molecule has 0 aliphatic rings. The van der Waals surface area contributed by atoms with Crippen LogP contribution in [0, 0.1) is 0 Å². The topological polar surface area (TPSA) is 99.3 Å². The third-order valence-electron chi connectivity index (χ3n) is 3.14. The normalized spacial score (nSPS) is 12.0. The molecule has 0 aliphatic carbocycles. The minimum atomic E-state index is -1.13. The van der Waals surface area contributed by atoms with Gasteiger partial charge in [0.1, 0.15) is 11.8 Å². The minimum absolute atomic E-state index is 0.156. The van der Waals surface area contributed by atoms with E-state index in [0.29, 0.717) is 0 Å². The van der Waals surface area contributed by atoms with Crippen molar-refractivity contribution in [3.63, 3.8) is 0 Å².